The third-order valence-electron chi connectivity index (χ3n) is 6.00. The Hall–Kier alpha value is -3.35. The molecule has 1 aliphatic heterocycles. The highest BCUT2D eigenvalue weighted by Gasteiger charge is 2.40. The van der Waals surface area contributed by atoms with Crippen LogP contribution >= 0.6 is 0 Å². The van der Waals surface area contributed by atoms with E-state index < -0.39 is 30.0 Å². The summed E-state index contributed by atoms with van der Waals surface area (Å²) < 4.78 is 10.4. The Kier molecular flexibility index (Phi) is 5.44. The molecule has 2 aliphatic rings. The van der Waals surface area contributed by atoms with E-state index in [2.05, 4.69) is 12.1 Å². The summed E-state index contributed by atoms with van der Waals surface area (Å²) in [6.45, 7) is 0.271. The van der Waals surface area contributed by atoms with Crippen LogP contribution in [0.2, 0.25) is 0 Å². The predicted molar refractivity (Wildman–Crippen MR) is 108 cm³/mol. The number of piperidine rings is 1. The first-order chi connectivity index (χ1) is 14.5. The smallest absolute Gasteiger partial charge is 0.410 e. The number of aliphatic carboxylic acids is 1. The van der Waals surface area contributed by atoms with Crippen molar-refractivity contribution in [3.63, 3.8) is 0 Å². The molecular formula is C23H23NO6. The van der Waals surface area contributed by atoms with Crippen LogP contribution in [0, 0.1) is 5.92 Å². The predicted octanol–water partition coefficient (Wildman–Crippen LogP) is 3.27. The number of methoxy groups -OCH3 is 1. The van der Waals surface area contributed by atoms with Gasteiger partial charge in [-0.05, 0) is 35.1 Å². The van der Waals surface area contributed by atoms with Gasteiger partial charge >= 0.3 is 18.0 Å². The van der Waals surface area contributed by atoms with Gasteiger partial charge in [-0.1, -0.05) is 48.5 Å². The SMILES string of the molecule is COC(=O)C1CC(C(=O)O)CCN1C(=O)OCC1c2ccccc2-c2ccccc21. The van der Waals surface area contributed by atoms with Gasteiger partial charge < -0.3 is 14.6 Å². The van der Waals surface area contributed by atoms with Crippen molar-refractivity contribution in [2.24, 2.45) is 5.92 Å². The van der Waals surface area contributed by atoms with Crippen LogP contribution in [0.3, 0.4) is 0 Å². The molecule has 2 unspecified atom stereocenters. The third kappa shape index (κ3) is 3.51. The van der Waals surface area contributed by atoms with E-state index in [1.807, 2.05) is 36.4 Å². The molecule has 1 aliphatic carbocycles. The Morgan fingerprint density at radius 2 is 1.63 bits per heavy atom. The number of amides is 1. The van der Waals surface area contributed by atoms with Gasteiger partial charge in [0.1, 0.15) is 12.6 Å². The number of rotatable bonds is 4. The maximum Gasteiger partial charge on any atom is 0.410 e. The number of esters is 1. The lowest BCUT2D eigenvalue weighted by Crippen LogP contribution is -2.51. The van der Waals surface area contributed by atoms with Crippen LogP contribution in [0.4, 0.5) is 4.79 Å². The van der Waals surface area contributed by atoms with E-state index in [0.29, 0.717) is 0 Å². The number of hydrogen-bond acceptors (Lipinski definition) is 5. The summed E-state index contributed by atoms with van der Waals surface area (Å²) in [5.41, 5.74) is 4.45. The first kappa shape index (κ1) is 19.9. The summed E-state index contributed by atoms with van der Waals surface area (Å²) in [5, 5.41) is 9.28. The van der Waals surface area contributed by atoms with Crippen molar-refractivity contribution in [2.75, 3.05) is 20.3 Å². The Morgan fingerprint density at radius 3 is 2.20 bits per heavy atom. The number of likely N-dealkylation sites (tertiary alicyclic amines) is 1. The average molecular weight is 409 g/mol. The van der Waals surface area contributed by atoms with Gasteiger partial charge in [-0.3, -0.25) is 9.69 Å². The maximum atomic E-state index is 12.8. The molecule has 1 saturated heterocycles. The first-order valence-corrected chi connectivity index (χ1v) is 9.93. The molecule has 1 heterocycles. The van der Waals surface area contributed by atoms with Crippen molar-refractivity contribution in [1.29, 1.82) is 0 Å². The summed E-state index contributed by atoms with van der Waals surface area (Å²) >= 11 is 0. The number of carbonyl (C=O) groups is 3. The number of benzene rings is 2. The summed E-state index contributed by atoms with van der Waals surface area (Å²) in [6.07, 6.45) is -0.338. The van der Waals surface area contributed by atoms with Gasteiger partial charge in [-0.25, -0.2) is 9.59 Å². The van der Waals surface area contributed by atoms with Crippen LogP contribution in [0.25, 0.3) is 11.1 Å². The van der Waals surface area contributed by atoms with E-state index in [-0.39, 0.29) is 31.9 Å². The minimum atomic E-state index is -0.976. The second kappa shape index (κ2) is 8.18. The van der Waals surface area contributed by atoms with Crippen LogP contribution in [-0.2, 0) is 19.1 Å². The number of ether oxygens (including phenoxy) is 2. The maximum absolute atomic E-state index is 12.8. The van der Waals surface area contributed by atoms with Crippen molar-refractivity contribution in [2.45, 2.75) is 24.8 Å². The summed E-state index contributed by atoms with van der Waals surface area (Å²) in [7, 11) is 1.22. The van der Waals surface area contributed by atoms with Crippen molar-refractivity contribution in [3.8, 4) is 11.1 Å². The topological polar surface area (TPSA) is 93.1 Å². The van der Waals surface area contributed by atoms with Crippen LogP contribution in [0.5, 0.6) is 0 Å². The van der Waals surface area contributed by atoms with Gasteiger partial charge in [-0.2, -0.15) is 0 Å². The van der Waals surface area contributed by atoms with Gasteiger partial charge in [-0.15, -0.1) is 0 Å². The molecule has 0 radical (unpaired) electrons. The van der Waals surface area contributed by atoms with Crippen LogP contribution < -0.4 is 0 Å². The standard InChI is InChI=1S/C23H23NO6/c1-29-22(27)20-12-14(21(25)26)10-11-24(20)23(28)30-13-19-17-8-4-2-6-15(17)16-7-3-5-9-18(16)19/h2-9,14,19-20H,10-13H2,1H3,(H,25,26). The van der Waals surface area contributed by atoms with E-state index in [1.165, 1.54) is 12.0 Å². The Morgan fingerprint density at radius 1 is 1.03 bits per heavy atom. The Bertz CT molecular complexity index is 942. The van der Waals surface area contributed by atoms with Crippen LogP contribution in [0.15, 0.2) is 48.5 Å². The highest BCUT2D eigenvalue weighted by atomic mass is 16.6. The van der Waals surface area contributed by atoms with E-state index >= 15 is 0 Å². The molecule has 1 fully saturated rings. The second-order valence-electron chi connectivity index (χ2n) is 7.60. The first-order valence-electron chi connectivity index (χ1n) is 9.93. The lowest BCUT2D eigenvalue weighted by molar-refractivity contribution is -0.151. The molecule has 0 spiro atoms. The second-order valence-corrected chi connectivity index (χ2v) is 7.60. The van der Waals surface area contributed by atoms with Crippen LogP contribution in [0.1, 0.15) is 29.9 Å². The molecule has 7 heteroatoms. The van der Waals surface area contributed by atoms with E-state index in [0.717, 1.165) is 22.3 Å². The van der Waals surface area contributed by atoms with Crippen molar-refractivity contribution >= 4 is 18.0 Å². The van der Waals surface area contributed by atoms with Gasteiger partial charge in [0.25, 0.3) is 0 Å². The molecular weight excluding hydrogens is 386 g/mol. The molecule has 7 nitrogen and oxygen atoms in total. The summed E-state index contributed by atoms with van der Waals surface area (Å²) in [4.78, 5) is 37.6. The normalized spacial score (nSPS) is 20.2. The fourth-order valence-corrected chi connectivity index (χ4v) is 4.44. The third-order valence-corrected chi connectivity index (χ3v) is 6.00. The molecule has 2 aromatic carbocycles. The fourth-order valence-electron chi connectivity index (χ4n) is 4.44. The molecule has 2 atom stereocenters. The Labute approximate surface area is 174 Å². The minimum absolute atomic E-state index is 0.0200. The van der Waals surface area contributed by atoms with Gasteiger partial charge in [0.15, 0.2) is 0 Å². The number of carboxylic acids is 1. The zero-order valence-corrected chi connectivity index (χ0v) is 16.6. The molecule has 4 rings (SSSR count). The number of carbonyl (C=O) groups excluding carboxylic acids is 2. The molecule has 1 amide bonds. The lowest BCUT2D eigenvalue weighted by atomic mass is 9.91. The van der Waals surface area contributed by atoms with E-state index in [9.17, 15) is 19.5 Å². The number of nitrogens with zero attached hydrogens (tertiary/aromatic N) is 1. The summed E-state index contributed by atoms with van der Waals surface area (Å²) in [6, 6.07) is 15.1. The zero-order valence-electron chi connectivity index (χ0n) is 16.6. The van der Waals surface area contributed by atoms with Crippen LogP contribution in [-0.4, -0.2) is 54.3 Å². The monoisotopic (exact) mass is 409 g/mol. The van der Waals surface area contributed by atoms with Gasteiger partial charge in [0.2, 0.25) is 0 Å². The molecule has 156 valence electrons. The fraction of sp³-hybridized carbons (Fsp3) is 0.348. The molecule has 0 saturated carbocycles. The lowest BCUT2D eigenvalue weighted by Gasteiger charge is -2.35. The van der Waals surface area contributed by atoms with Crippen molar-refractivity contribution < 1.29 is 29.0 Å². The molecule has 1 N–H and O–H groups in total. The highest BCUT2D eigenvalue weighted by molar-refractivity contribution is 5.83. The highest BCUT2D eigenvalue weighted by Crippen LogP contribution is 2.44. The number of fused-ring (bicyclic) bond motifs is 3. The molecule has 0 bridgehead atoms. The van der Waals surface area contributed by atoms with E-state index in [1.54, 1.807) is 0 Å². The quantitative estimate of drug-likeness (QED) is 0.779. The average Bonchev–Trinajstić information content (AvgIpc) is 3.10. The Balaban J connectivity index is 1.50. The van der Waals surface area contributed by atoms with Crippen molar-refractivity contribution in [1.82, 2.24) is 4.90 Å². The number of hydrogen-bond donors (Lipinski definition) is 1. The zero-order chi connectivity index (χ0) is 21.3. The number of carboxylic acid groups (broad SMARTS) is 1. The van der Waals surface area contributed by atoms with E-state index in [4.69, 9.17) is 9.47 Å². The molecule has 2 aromatic rings. The van der Waals surface area contributed by atoms with Gasteiger partial charge in [0.05, 0.1) is 13.0 Å². The van der Waals surface area contributed by atoms with Crippen molar-refractivity contribution in [3.05, 3.63) is 59.7 Å². The summed E-state index contributed by atoms with van der Waals surface area (Å²) in [5.74, 6) is -2.38. The largest absolute Gasteiger partial charge is 0.481 e. The minimum Gasteiger partial charge on any atom is -0.481 e. The molecule has 30 heavy (non-hydrogen) atoms. The molecule has 0 aromatic heterocycles. The van der Waals surface area contributed by atoms with Gasteiger partial charge in [0, 0.05) is 12.5 Å².